The second-order valence-corrected chi connectivity index (χ2v) is 4.32. The molecule has 0 aliphatic rings. The third kappa shape index (κ3) is 3.80. The molecule has 0 aromatic heterocycles. The Morgan fingerprint density at radius 1 is 1.40 bits per heavy atom. The van der Waals surface area contributed by atoms with Crippen LogP contribution in [0, 0.1) is 11.6 Å². The van der Waals surface area contributed by atoms with E-state index < -0.39 is 5.82 Å². The van der Waals surface area contributed by atoms with E-state index in [4.69, 9.17) is 0 Å². The molecule has 4 heteroatoms. The smallest absolute Gasteiger partial charge is 0.128 e. The summed E-state index contributed by atoms with van der Waals surface area (Å²) in [6, 6.07) is 3.38. The van der Waals surface area contributed by atoms with Crippen molar-refractivity contribution in [3.05, 3.63) is 35.4 Å². The summed E-state index contributed by atoms with van der Waals surface area (Å²) in [6.45, 7) is 2.62. The maximum absolute atomic E-state index is 13.3. The van der Waals surface area contributed by atoms with Gasteiger partial charge in [0.05, 0.1) is 0 Å². The fraction of sp³-hybridized carbons (Fsp3) is 0.455. The minimum absolute atomic E-state index is 0.159. The number of hydrogen-bond donors (Lipinski definition) is 1. The fourth-order valence-electron chi connectivity index (χ4n) is 1.33. The molecule has 0 amide bonds. The van der Waals surface area contributed by atoms with E-state index in [1.807, 2.05) is 13.2 Å². The highest BCUT2D eigenvalue weighted by Gasteiger charge is 2.10. The van der Waals surface area contributed by atoms with Crippen LogP contribution >= 0.6 is 11.8 Å². The topological polar surface area (TPSA) is 12.0 Å². The Balaban J connectivity index is 2.64. The van der Waals surface area contributed by atoms with Crippen LogP contribution in [-0.2, 0) is 0 Å². The van der Waals surface area contributed by atoms with Crippen LogP contribution < -0.4 is 5.32 Å². The highest BCUT2D eigenvalue weighted by atomic mass is 32.2. The molecule has 1 aromatic carbocycles. The van der Waals surface area contributed by atoms with E-state index in [-0.39, 0.29) is 11.9 Å². The van der Waals surface area contributed by atoms with Gasteiger partial charge in [0.25, 0.3) is 0 Å². The van der Waals surface area contributed by atoms with Gasteiger partial charge in [0, 0.05) is 23.9 Å². The zero-order valence-corrected chi connectivity index (χ0v) is 9.70. The minimum Gasteiger partial charge on any atom is -0.309 e. The Labute approximate surface area is 93.3 Å². The molecule has 0 aliphatic carbocycles. The summed E-state index contributed by atoms with van der Waals surface area (Å²) in [7, 11) is 0. The molecule has 0 bridgehead atoms. The Kier molecular flexibility index (Phi) is 5.05. The normalized spacial score (nSPS) is 12.8. The second-order valence-electron chi connectivity index (χ2n) is 3.33. The van der Waals surface area contributed by atoms with Gasteiger partial charge in [-0.2, -0.15) is 11.8 Å². The third-order valence-corrected chi connectivity index (χ3v) is 2.79. The predicted molar refractivity (Wildman–Crippen MR) is 61.2 cm³/mol. The Hall–Kier alpha value is -0.610. The number of nitrogens with one attached hydrogen (secondary N) is 1. The highest BCUT2D eigenvalue weighted by molar-refractivity contribution is 7.98. The average molecular weight is 231 g/mol. The summed E-state index contributed by atoms with van der Waals surface area (Å²) < 4.78 is 26.2. The van der Waals surface area contributed by atoms with Gasteiger partial charge in [-0.3, -0.25) is 0 Å². The zero-order chi connectivity index (χ0) is 11.3. The number of halogens is 2. The van der Waals surface area contributed by atoms with Crippen molar-refractivity contribution in [1.29, 1.82) is 0 Å². The van der Waals surface area contributed by atoms with Crippen LogP contribution in [0.5, 0.6) is 0 Å². The van der Waals surface area contributed by atoms with Gasteiger partial charge in [0.15, 0.2) is 0 Å². The maximum Gasteiger partial charge on any atom is 0.128 e. The molecular weight excluding hydrogens is 216 g/mol. The average Bonchev–Trinajstić information content (AvgIpc) is 2.22. The van der Waals surface area contributed by atoms with Crippen molar-refractivity contribution < 1.29 is 8.78 Å². The van der Waals surface area contributed by atoms with Crippen molar-refractivity contribution in [3.8, 4) is 0 Å². The third-order valence-electron chi connectivity index (χ3n) is 2.18. The standard InChI is InChI=1S/C11H15F2NS/c1-8(14-5-6-15-2)10-7-9(12)3-4-11(10)13/h3-4,7-8,14H,5-6H2,1-2H3. The first-order chi connectivity index (χ1) is 7.15. The van der Waals surface area contributed by atoms with Gasteiger partial charge in [0.1, 0.15) is 11.6 Å². The lowest BCUT2D eigenvalue weighted by molar-refractivity contribution is 0.530. The van der Waals surface area contributed by atoms with Crippen LogP contribution in [0.15, 0.2) is 18.2 Å². The first-order valence-corrected chi connectivity index (χ1v) is 6.22. The molecule has 15 heavy (non-hydrogen) atoms. The van der Waals surface area contributed by atoms with Gasteiger partial charge < -0.3 is 5.32 Å². The van der Waals surface area contributed by atoms with Crippen molar-refractivity contribution in [2.24, 2.45) is 0 Å². The van der Waals surface area contributed by atoms with Gasteiger partial charge in [0.2, 0.25) is 0 Å². The van der Waals surface area contributed by atoms with Crippen molar-refractivity contribution in [3.63, 3.8) is 0 Å². The van der Waals surface area contributed by atoms with E-state index in [2.05, 4.69) is 5.32 Å². The number of rotatable bonds is 5. The van der Waals surface area contributed by atoms with Gasteiger partial charge in [-0.15, -0.1) is 0 Å². The molecule has 0 saturated heterocycles. The number of thioether (sulfide) groups is 1. The molecule has 1 N–H and O–H groups in total. The molecular formula is C11H15F2NS. The summed E-state index contributed by atoms with van der Waals surface area (Å²) in [5.74, 6) is 0.201. The molecule has 0 saturated carbocycles. The van der Waals surface area contributed by atoms with Gasteiger partial charge in [-0.25, -0.2) is 8.78 Å². The number of hydrogen-bond acceptors (Lipinski definition) is 2. The lowest BCUT2D eigenvalue weighted by Crippen LogP contribution is -2.22. The van der Waals surface area contributed by atoms with Crippen LogP contribution in [-0.4, -0.2) is 18.6 Å². The molecule has 0 aliphatic heterocycles. The lowest BCUT2D eigenvalue weighted by atomic mass is 10.1. The van der Waals surface area contributed by atoms with E-state index in [1.54, 1.807) is 11.8 Å². The Bertz CT molecular complexity index is 317. The van der Waals surface area contributed by atoms with E-state index in [0.29, 0.717) is 5.56 Å². The lowest BCUT2D eigenvalue weighted by Gasteiger charge is -2.14. The van der Waals surface area contributed by atoms with Crippen LogP contribution in [0.3, 0.4) is 0 Å². The largest absolute Gasteiger partial charge is 0.309 e. The summed E-state index contributed by atoms with van der Waals surface area (Å²) >= 11 is 1.72. The molecule has 1 nitrogen and oxygen atoms in total. The van der Waals surface area contributed by atoms with E-state index >= 15 is 0 Å². The zero-order valence-electron chi connectivity index (χ0n) is 8.89. The van der Waals surface area contributed by atoms with Crippen LogP contribution in [0.2, 0.25) is 0 Å². The Morgan fingerprint density at radius 3 is 2.80 bits per heavy atom. The first-order valence-electron chi connectivity index (χ1n) is 4.82. The predicted octanol–water partition coefficient (Wildman–Crippen LogP) is 2.98. The molecule has 0 radical (unpaired) electrons. The highest BCUT2D eigenvalue weighted by Crippen LogP contribution is 2.17. The van der Waals surface area contributed by atoms with Crippen LogP contribution in [0.1, 0.15) is 18.5 Å². The van der Waals surface area contributed by atoms with Crippen molar-refractivity contribution in [1.82, 2.24) is 5.32 Å². The Morgan fingerprint density at radius 2 is 2.13 bits per heavy atom. The molecule has 0 heterocycles. The van der Waals surface area contributed by atoms with E-state index in [0.717, 1.165) is 24.4 Å². The molecule has 0 fully saturated rings. The SMILES string of the molecule is CSCCNC(C)c1cc(F)ccc1F. The van der Waals surface area contributed by atoms with Crippen molar-refractivity contribution in [2.75, 3.05) is 18.6 Å². The van der Waals surface area contributed by atoms with Crippen molar-refractivity contribution >= 4 is 11.8 Å². The van der Waals surface area contributed by atoms with Crippen LogP contribution in [0.4, 0.5) is 8.78 Å². The summed E-state index contributed by atoms with van der Waals surface area (Å²) in [5.41, 5.74) is 0.385. The maximum atomic E-state index is 13.3. The van der Waals surface area contributed by atoms with Gasteiger partial charge in [-0.05, 0) is 31.4 Å². The van der Waals surface area contributed by atoms with Crippen LogP contribution in [0.25, 0.3) is 0 Å². The molecule has 84 valence electrons. The number of benzene rings is 1. The van der Waals surface area contributed by atoms with Crippen molar-refractivity contribution in [2.45, 2.75) is 13.0 Å². The summed E-state index contributed by atoms with van der Waals surface area (Å²) in [4.78, 5) is 0. The fourth-order valence-corrected chi connectivity index (χ4v) is 1.66. The summed E-state index contributed by atoms with van der Waals surface area (Å²) in [5, 5.41) is 3.14. The molecule has 0 spiro atoms. The first kappa shape index (κ1) is 12.5. The molecule has 1 aromatic rings. The minimum atomic E-state index is -0.398. The summed E-state index contributed by atoms with van der Waals surface area (Å²) in [6.07, 6.45) is 2.01. The monoisotopic (exact) mass is 231 g/mol. The van der Waals surface area contributed by atoms with E-state index in [9.17, 15) is 8.78 Å². The molecule has 1 unspecified atom stereocenters. The second kappa shape index (κ2) is 6.08. The molecule has 1 rings (SSSR count). The quantitative estimate of drug-likeness (QED) is 0.782. The van der Waals surface area contributed by atoms with Gasteiger partial charge >= 0.3 is 0 Å². The van der Waals surface area contributed by atoms with E-state index in [1.165, 1.54) is 6.07 Å². The van der Waals surface area contributed by atoms with Gasteiger partial charge in [-0.1, -0.05) is 0 Å². The molecule has 1 atom stereocenters.